The molecule has 9 nitrogen and oxygen atoms in total. The fraction of sp³-hybridized carbons (Fsp3) is 0.333. The summed E-state index contributed by atoms with van der Waals surface area (Å²) < 4.78 is 15.8. The summed E-state index contributed by atoms with van der Waals surface area (Å²) in [4.78, 5) is 40.3. The minimum absolute atomic E-state index is 0.0425. The SMILES string of the molecule is CCOC(=O)c1ccc(C(=O)NNC(=O)C(C)Oc2ccc(OCC)cc2)nc1C. The summed E-state index contributed by atoms with van der Waals surface area (Å²) in [6, 6.07) is 9.67. The van der Waals surface area contributed by atoms with Crippen molar-refractivity contribution in [3.05, 3.63) is 53.3 Å². The van der Waals surface area contributed by atoms with Crippen molar-refractivity contribution in [2.24, 2.45) is 0 Å². The lowest BCUT2D eigenvalue weighted by Gasteiger charge is -2.15. The first-order chi connectivity index (χ1) is 14.3. The summed E-state index contributed by atoms with van der Waals surface area (Å²) in [5.74, 6) is -0.500. The number of hydrogen-bond acceptors (Lipinski definition) is 7. The van der Waals surface area contributed by atoms with Gasteiger partial charge < -0.3 is 14.2 Å². The van der Waals surface area contributed by atoms with Crippen LogP contribution in [0.25, 0.3) is 0 Å². The summed E-state index contributed by atoms with van der Waals surface area (Å²) in [7, 11) is 0. The van der Waals surface area contributed by atoms with Gasteiger partial charge in [-0.3, -0.25) is 20.4 Å². The van der Waals surface area contributed by atoms with Gasteiger partial charge in [0.1, 0.15) is 17.2 Å². The number of hydrogen-bond donors (Lipinski definition) is 2. The van der Waals surface area contributed by atoms with Crippen LogP contribution >= 0.6 is 0 Å². The average Bonchev–Trinajstić information content (AvgIpc) is 2.73. The van der Waals surface area contributed by atoms with E-state index >= 15 is 0 Å². The lowest BCUT2D eigenvalue weighted by atomic mass is 10.2. The first kappa shape index (κ1) is 22.7. The molecule has 2 rings (SSSR count). The Balaban J connectivity index is 1.89. The van der Waals surface area contributed by atoms with Crippen molar-refractivity contribution in [3.8, 4) is 11.5 Å². The van der Waals surface area contributed by atoms with Crippen LogP contribution in [0.5, 0.6) is 11.5 Å². The van der Waals surface area contributed by atoms with E-state index in [1.165, 1.54) is 12.1 Å². The summed E-state index contributed by atoms with van der Waals surface area (Å²) >= 11 is 0. The summed E-state index contributed by atoms with van der Waals surface area (Å²) in [6.45, 7) is 7.52. The number of hydrazine groups is 1. The Kier molecular flexibility index (Phi) is 8.16. The maximum absolute atomic E-state index is 12.2. The highest BCUT2D eigenvalue weighted by Gasteiger charge is 2.18. The Labute approximate surface area is 174 Å². The molecule has 0 saturated carbocycles. The molecule has 0 spiro atoms. The minimum atomic E-state index is -0.857. The molecule has 1 atom stereocenters. The molecule has 0 aliphatic rings. The predicted molar refractivity (Wildman–Crippen MR) is 108 cm³/mol. The number of benzene rings is 1. The number of aromatic nitrogens is 1. The van der Waals surface area contributed by atoms with Crippen LogP contribution in [0.2, 0.25) is 0 Å². The smallest absolute Gasteiger partial charge is 0.339 e. The Morgan fingerprint density at radius 2 is 1.63 bits per heavy atom. The number of rotatable bonds is 8. The van der Waals surface area contributed by atoms with Gasteiger partial charge >= 0.3 is 5.97 Å². The zero-order valence-electron chi connectivity index (χ0n) is 17.4. The summed E-state index contributed by atoms with van der Waals surface area (Å²) in [5.41, 5.74) is 5.23. The van der Waals surface area contributed by atoms with Gasteiger partial charge in [-0.2, -0.15) is 0 Å². The first-order valence-corrected chi connectivity index (χ1v) is 9.50. The van der Waals surface area contributed by atoms with Crippen LogP contribution in [0, 0.1) is 6.92 Å². The largest absolute Gasteiger partial charge is 0.494 e. The normalized spacial score (nSPS) is 11.2. The highest BCUT2D eigenvalue weighted by Crippen LogP contribution is 2.18. The Morgan fingerprint density at radius 3 is 2.23 bits per heavy atom. The second-order valence-electron chi connectivity index (χ2n) is 6.16. The fourth-order valence-corrected chi connectivity index (χ4v) is 2.43. The second kappa shape index (κ2) is 10.8. The van der Waals surface area contributed by atoms with Gasteiger partial charge in [-0.1, -0.05) is 0 Å². The van der Waals surface area contributed by atoms with E-state index in [4.69, 9.17) is 14.2 Å². The topological polar surface area (TPSA) is 116 Å². The van der Waals surface area contributed by atoms with Gasteiger partial charge in [-0.25, -0.2) is 9.78 Å². The number of carbonyl (C=O) groups excluding carboxylic acids is 3. The van der Waals surface area contributed by atoms with Gasteiger partial charge in [-0.15, -0.1) is 0 Å². The highest BCUT2D eigenvalue weighted by atomic mass is 16.5. The molecule has 1 aromatic carbocycles. The van der Waals surface area contributed by atoms with Gasteiger partial charge in [-0.05, 0) is 64.1 Å². The number of ether oxygens (including phenoxy) is 3. The maximum atomic E-state index is 12.2. The van der Waals surface area contributed by atoms with E-state index in [1.54, 1.807) is 45.0 Å². The van der Waals surface area contributed by atoms with Gasteiger partial charge in [0.05, 0.1) is 24.5 Å². The number of esters is 1. The Morgan fingerprint density at radius 1 is 0.967 bits per heavy atom. The number of amides is 2. The molecular formula is C21H25N3O6. The first-order valence-electron chi connectivity index (χ1n) is 9.50. The van der Waals surface area contributed by atoms with Crippen LogP contribution in [0.15, 0.2) is 36.4 Å². The van der Waals surface area contributed by atoms with Gasteiger partial charge in [0, 0.05) is 0 Å². The van der Waals surface area contributed by atoms with Gasteiger partial charge in [0.25, 0.3) is 11.8 Å². The van der Waals surface area contributed by atoms with Crippen LogP contribution in [-0.4, -0.2) is 42.1 Å². The fourth-order valence-electron chi connectivity index (χ4n) is 2.43. The molecule has 0 radical (unpaired) electrons. The van der Waals surface area contributed by atoms with E-state index < -0.39 is 23.9 Å². The zero-order valence-corrected chi connectivity index (χ0v) is 17.4. The van der Waals surface area contributed by atoms with E-state index in [0.717, 1.165) is 0 Å². The molecule has 1 aromatic heterocycles. The molecule has 160 valence electrons. The molecule has 0 saturated heterocycles. The summed E-state index contributed by atoms with van der Waals surface area (Å²) in [6.07, 6.45) is -0.857. The zero-order chi connectivity index (χ0) is 22.1. The number of pyridine rings is 1. The van der Waals surface area contributed by atoms with E-state index in [0.29, 0.717) is 23.8 Å². The monoisotopic (exact) mass is 415 g/mol. The molecule has 1 heterocycles. The lowest BCUT2D eigenvalue weighted by Crippen LogP contribution is -2.47. The quantitative estimate of drug-likeness (QED) is 0.501. The molecule has 2 aromatic rings. The van der Waals surface area contributed by atoms with E-state index in [9.17, 15) is 14.4 Å². The molecule has 0 aliphatic carbocycles. The molecule has 9 heteroatoms. The van der Waals surface area contributed by atoms with Crippen LogP contribution < -0.4 is 20.3 Å². The molecule has 2 N–H and O–H groups in total. The predicted octanol–water partition coefficient (Wildman–Crippen LogP) is 2.19. The second-order valence-corrected chi connectivity index (χ2v) is 6.16. The Bertz CT molecular complexity index is 898. The molecule has 0 aliphatic heterocycles. The van der Waals surface area contributed by atoms with Crippen molar-refractivity contribution < 1.29 is 28.6 Å². The maximum Gasteiger partial charge on any atom is 0.339 e. The molecular weight excluding hydrogens is 390 g/mol. The molecule has 30 heavy (non-hydrogen) atoms. The van der Waals surface area contributed by atoms with Crippen LogP contribution in [0.4, 0.5) is 0 Å². The van der Waals surface area contributed by atoms with Gasteiger partial charge in [0.15, 0.2) is 6.10 Å². The molecule has 0 fully saturated rings. The Hall–Kier alpha value is -3.62. The third-order valence-electron chi connectivity index (χ3n) is 3.93. The van der Waals surface area contributed by atoms with Crippen molar-refractivity contribution in [1.29, 1.82) is 0 Å². The lowest BCUT2D eigenvalue weighted by molar-refractivity contribution is -0.128. The molecule has 0 bridgehead atoms. The van der Waals surface area contributed by atoms with E-state index in [2.05, 4.69) is 15.8 Å². The van der Waals surface area contributed by atoms with Crippen LogP contribution in [-0.2, 0) is 9.53 Å². The van der Waals surface area contributed by atoms with Crippen molar-refractivity contribution in [3.63, 3.8) is 0 Å². The third-order valence-corrected chi connectivity index (χ3v) is 3.93. The van der Waals surface area contributed by atoms with Gasteiger partial charge in [0.2, 0.25) is 0 Å². The van der Waals surface area contributed by atoms with Crippen LogP contribution in [0.3, 0.4) is 0 Å². The average molecular weight is 415 g/mol. The van der Waals surface area contributed by atoms with Crippen molar-refractivity contribution >= 4 is 17.8 Å². The molecule has 1 unspecified atom stereocenters. The number of carbonyl (C=O) groups is 3. The van der Waals surface area contributed by atoms with E-state index in [1.807, 2.05) is 6.92 Å². The van der Waals surface area contributed by atoms with Crippen molar-refractivity contribution in [1.82, 2.24) is 15.8 Å². The van der Waals surface area contributed by atoms with Crippen molar-refractivity contribution in [2.75, 3.05) is 13.2 Å². The number of nitrogens with zero attached hydrogens (tertiary/aromatic N) is 1. The van der Waals surface area contributed by atoms with E-state index in [-0.39, 0.29) is 17.9 Å². The van der Waals surface area contributed by atoms with Crippen molar-refractivity contribution in [2.45, 2.75) is 33.8 Å². The minimum Gasteiger partial charge on any atom is -0.494 e. The van der Waals surface area contributed by atoms with Crippen LogP contribution in [0.1, 0.15) is 47.3 Å². The third kappa shape index (κ3) is 6.20. The number of nitrogens with one attached hydrogen (secondary N) is 2. The summed E-state index contributed by atoms with van der Waals surface area (Å²) in [5, 5.41) is 0. The highest BCUT2D eigenvalue weighted by molar-refractivity contribution is 5.96. The number of aryl methyl sites for hydroxylation is 1. The standard InChI is InChI=1S/C21H25N3O6/c1-5-28-15-7-9-16(10-8-15)30-14(4)19(25)23-24-20(26)18-12-11-17(13(3)22-18)21(27)29-6-2/h7-12,14H,5-6H2,1-4H3,(H,23,25)(H,24,26). The molecule has 2 amide bonds.